The van der Waals surface area contributed by atoms with Crippen molar-refractivity contribution in [3.8, 4) is 0 Å². The minimum atomic E-state index is 0. The molecule has 0 spiro atoms. The summed E-state index contributed by atoms with van der Waals surface area (Å²) in [5, 5.41) is 1.06. The molecular weight excluding hydrogens is 327 g/mol. The Hall–Kier alpha value is -1.48. The predicted octanol–water partition coefficient (Wildman–Crippen LogP) is 4.99. The molecule has 5 heteroatoms. The van der Waals surface area contributed by atoms with Gasteiger partial charge in [0, 0.05) is 0 Å². The Morgan fingerprint density at radius 2 is 1.76 bits per heavy atom. The Morgan fingerprint density at radius 1 is 1.05 bits per heavy atom. The fraction of sp³-hybridized carbons (Fsp3) is 0.0625. The van der Waals surface area contributed by atoms with E-state index < -0.39 is 0 Å². The summed E-state index contributed by atoms with van der Waals surface area (Å²) < 4.78 is 0. The minimum Gasteiger partial charge on any atom is -0.384 e. The first-order valence-corrected chi connectivity index (χ1v) is 6.88. The zero-order valence-electron chi connectivity index (χ0n) is 11.2. The van der Waals surface area contributed by atoms with Gasteiger partial charge in [0.05, 0.1) is 16.6 Å². The van der Waals surface area contributed by atoms with Crippen LogP contribution in [0.25, 0.3) is 6.08 Å². The van der Waals surface area contributed by atoms with Crippen LogP contribution in [0.15, 0.2) is 59.6 Å². The number of benzene rings is 2. The SMILES string of the molecule is Cl.NC(/C=C/c1ccccc1)=NCc1ccc(Cl)c(Cl)c1. The van der Waals surface area contributed by atoms with Crippen molar-refractivity contribution >= 4 is 47.5 Å². The van der Waals surface area contributed by atoms with E-state index >= 15 is 0 Å². The van der Waals surface area contributed by atoms with Crippen LogP contribution in [0.2, 0.25) is 10.0 Å². The highest BCUT2D eigenvalue weighted by atomic mass is 35.5. The molecule has 2 N–H and O–H groups in total. The number of halogens is 3. The second-order valence-electron chi connectivity index (χ2n) is 4.23. The van der Waals surface area contributed by atoms with Gasteiger partial charge < -0.3 is 5.73 Å². The third-order valence-corrected chi connectivity index (χ3v) is 3.41. The Balaban J connectivity index is 0.00000220. The van der Waals surface area contributed by atoms with Gasteiger partial charge in [0.2, 0.25) is 0 Å². The Bertz CT molecular complexity index is 637. The number of rotatable bonds is 4. The van der Waals surface area contributed by atoms with E-state index in [1.165, 1.54) is 0 Å². The smallest absolute Gasteiger partial charge is 0.118 e. The van der Waals surface area contributed by atoms with Crippen molar-refractivity contribution in [2.45, 2.75) is 6.54 Å². The van der Waals surface area contributed by atoms with Crippen molar-refractivity contribution in [1.29, 1.82) is 0 Å². The van der Waals surface area contributed by atoms with Crippen molar-refractivity contribution in [1.82, 2.24) is 0 Å². The van der Waals surface area contributed by atoms with Crippen molar-refractivity contribution in [3.63, 3.8) is 0 Å². The number of hydrogen-bond donors (Lipinski definition) is 1. The molecule has 110 valence electrons. The molecule has 0 aliphatic heterocycles. The summed E-state index contributed by atoms with van der Waals surface area (Å²) in [6, 6.07) is 15.4. The van der Waals surface area contributed by atoms with Crippen molar-refractivity contribution in [2.75, 3.05) is 0 Å². The van der Waals surface area contributed by atoms with Gasteiger partial charge in [0.1, 0.15) is 5.84 Å². The average Bonchev–Trinajstić information content (AvgIpc) is 2.47. The summed E-state index contributed by atoms with van der Waals surface area (Å²) in [6.07, 6.45) is 3.71. The second kappa shape index (κ2) is 8.73. The number of hydrogen-bond acceptors (Lipinski definition) is 1. The number of aliphatic imine (C=N–C) groups is 1. The summed E-state index contributed by atoms with van der Waals surface area (Å²) in [6.45, 7) is 0.474. The molecule has 2 aromatic rings. The highest BCUT2D eigenvalue weighted by Crippen LogP contribution is 2.22. The second-order valence-corrected chi connectivity index (χ2v) is 5.05. The van der Waals surface area contributed by atoms with Crippen molar-refractivity contribution < 1.29 is 0 Å². The van der Waals surface area contributed by atoms with Crippen molar-refractivity contribution in [3.05, 3.63) is 75.8 Å². The van der Waals surface area contributed by atoms with Gasteiger partial charge in [-0.15, -0.1) is 12.4 Å². The molecule has 0 saturated heterocycles. The molecule has 0 saturated carbocycles. The van der Waals surface area contributed by atoms with Gasteiger partial charge in [0.15, 0.2) is 0 Å². The van der Waals surface area contributed by atoms with Gasteiger partial charge in [-0.1, -0.05) is 65.7 Å². The van der Waals surface area contributed by atoms with Crippen LogP contribution in [0, 0.1) is 0 Å². The first-order chi connectivity index (χ1) is 9.65. The minimum absolute atomic E-state index is 0. The maximum atomic E-state index is 5.94. The van der Waals surface area contributed by atoms with E-state index in [1.54, 1.807) is 18.2 Å². The molecule has 0 bridgehead atoms. The molecule has 0 aromatic heterocycles. The fourth-order valence-electron chi connectivity index (χ4n) is 1.62. The van der Waals surface area contributed by atoms with E-state index in [0.717, 1.165) is 11.1 Å². The number of amidine groups is 1. The summed E-state index contributed by atoms with van der Waals surface area (Å²) in [5.74, 6) is 0.472. The lowest BCUT2D eigenvalue weighted by molar-refractivity contribution is 1.06. The van der Waals surface area contributed by atoms with Crippen LogP contribution in [-0.2, 0) is 6.54 Å². The number of nitrogens with zero attached hydrogens (tertiary/aromatic N) is 1. The first kappa shape index (κ1) is 17.6. The van der Waals surface area contributed by atoms with Gasteiger partial charge in [-0.2, -0.15) is 0 Å². The van der Waals surface area contributed by atoms with E-state index in [9.17, 15) is 0 Å². The Morgan fingerprint density at radius 3 is 2.43 bits per heavy atom. The standard InChI is InChI=1S/C16H14Cl2N2.ClH/c17-14-8-6-13(10-15(14)18)11-20-16(19)9-7-12-4-2-1-3-5-12;/h1-10H,11H2,(H2,19,20);1H/b9-7+;. The van der Waals surface area contributed by atoms with Gasteiger partial charge in [-0.25, -0.2) is 0 Å². The first-order valence-electron chi connectivity index (χ1n) is 6.12. The molecule has 0 unspecified atom stereocenters. The zero-order chi connectivity index (χ0) is 14.4. The Kier molecular flexibility index (Phi) is 7.30. The molecule has 2 aromatic carbocycles. The molecule has 0 aliphatic carbocycles. The van der Waals surface area contributed by atoms with Gasteiger partial charge in [0.25, 0.3) is 0 Å². The van der Waals surface area contributed by atoms with Crippen LogP contribution in [0.5, 0.6) is 0 Å². The molecule has 0 fully saturated rings. The van der Waals surface area contributed by atoms with Crippen LogP contribution < -0.4 is 5.73 Å². The third kappa shape index (κ3) is 5.80. The average molecular weight is 342 g/mol. The highest BCUT2D eigenvalue weighted by molar-refractivity contribution is 6.42. The van der Waals surface area contributed by atoms with Crippen LogP contribution in [0.4, 0.5) is 0 Å². The lowest BCUT2D eigenvalue weighted by atomic mass is 10.2. The lowest BCUT2D eigenvalue weighted by Gasteiger charge is -2.00. The zero-order valence-corrected chi connectivity index (χ0v) is 13.5. The maximum Gasteiger partial charge on any atom is 0.118 e. The van der Waals surface area contributed by atoms with E-state index in [4.69, 9.17) is 28.9 Å². The number of nitrogens with two attached hydrogens (primary N) is 1. The van der Waals surface area contributed by atoms with E-state index in [2.05, 4.69) is 4.99 Å². The summed E-state index contributed by atoms with van der Waals surface area (Å²) in [7, 11) is 0. The molecule has 0 radical (unpaired) electrons. The van der Waals surface area contributed by atoms with Gasteiger partial charge in [-0.3, -0.25) is 4.99 Å². The summed E-state index contributed by atoms with van der Waals surface area (Å²) >= 11 is 11.8. The molecule has 2 nitrogen and oxygen atoms in total. The largest absolute Gasteiger partial charge is 0.384 e. The highest BCUT2D eigenvalue weighted by Gasteiger charge is 1.98. The topological polar surface area (TPSA) is 38.4 Å². The molecule has 0 atom stereocenters. The monoisotopic (exact) mass is 340 g/mol. The molecular formula is C16H15Cl3N2. The van der Waals surface area contributed by atoms with Gasteiger partial charge >= 0.3 is 0 Å². The van der Waals surface area contributed by atoms with Crippen LogP contribution in [0.1, 0.15) is 11.1 Å². The molecule has 21 heavy (non-hydrogen) atoms. The predicted molar refractivity (Wildman–Crippen MR) is 94.5 cm³/mol. The van der Waals surface area contributed by atoms with Crippen LogP contribution in [0.3, 0.4) is 0 Å². The lowest BCUT2D eigenvalue weighted by Crippen LogP contribution is -2.07. The van der Waals surface area contributed by atoms with Crippen molar-refractivity contribution in [2.24, 2.45) is 10.7 Å². The molecule has 2 rings (SSSR count). The Labute approximate surface area is 140 Å². The van der Waals surface area contributed by atoms with Crippen LogP contribution in [-0.4, -0.2) is 5.84 Å². The quantitative estimate of drug-likeness (QED) is 0.617. The molecule has 0 aliphatic rings. The normalized spacial score (nSPS) is 11.4. The van der Waals surface area contributed by atoms with Gasteiger partial charge in [-0.05, 0) is 29.3 Å². The molecule has 0 amide bonds. The molecule has 0 heterocycles. The summed E-state index contributed by atoms with van der Waals surface area (Å²) in [5.41, 5.74) is 7.89. The van der Waals surface area contributed by atoms with Crippen LogP contribution >= 0.6 is 35.6 Å². The fourth-order valence-corrected chi connectivity index (χ4v) is 1.94. The van der Waals surface area contributed by atoms with E-state index in [-0.39, 0.29) is 12.4 Å². The van der Waals surface area contributed by atoms with E-state index in [0.29, 0.717) is 22.4 Å². The summed E-state index contributed by atoms with van der Waals surface area (Å²) in [4.78, 5) is 4.29. The third-order valence-electron chi connectivity index (χ3n) is 2.67. The van der Waals surface area contributed by atoms with E-state index in [1.807, 2.05) is 42.5 Å². The maximum absolute atomic E-state index is 5.94.